The van der Waals surface area contributed by atoms with Gasteiger partial charge in [0.1, 0.15) is 6.61 Å². The normalized spacial score (nSPS) is 17.1. The van der Waals surface area contributed by atoms with E-state index in [1.807, 2.05) is 24.3 Å². The Kier molecular flexibility index (Phi) is 4.16. The molecule has 1 aromatic heterocycles. The first-order chi connectivity index (χ1) is 10.6. The van der Waals surface area contributed by atoms with E-state index in [0.29, 0.717) is 16.5 Å². The number of halogens is 1. The van der Waals surface area contributed by atoms with Gasteiger partial charge in [0, 0.05) is 16.1 Å². The third kappa shape index (κ3) is 2.86. The molecule has 1 aliphatic rings. The summed E-state index contributed by atoms with van der Waals surface area (Å²) in [6.45, 7) is 5.79. The minimum absolute atomic E-state index is 0.0291. The number of aromatic nitrogens is 1. The predicted molar refractivity (Wildman–Crippen MR) is 88.2 cm³/mol. The highest BCUT2D eigenvalue weighted by Gasteiger charge is 2.26. The number of rotatable bonds is 3. The van der Waals surface area contributed by atoms with E-state index < -0.39 is 0 Å². The number of ether oxygens (including phenoxy) is 1. The molecule has 0 spiro atoms. The lowest BCUT2D eigenvalue weighted by atomic mass is 9.84. The third-order valence-corrected chi connectivity index (χ3v) is 4.18. The SMILES string of the molecule is C=C(Cl)COC(=O)c1c2c(nc3ccccc13)CCC(C)C2. The van der Waals surface area contributed by atoms with E-state index in [1.54, 1.807) is 0 Å². The van der Waals surface area contributed by atoms with Crippen LogP contribution in [-0.2, 0) is 17.6 Å². The fraction of sp³-hybridized carbons (Fsp3) is 0.333. The molecule has 1 unspecified atom stereocenters. The second-order valence-electron chi connectivity index (χ2n) is 5.87. The van der Waals surface area contributed by atoms with Gasteiger partial charge in [0.25, 0.3) is 0 Å². The molecule has 0 bridgehead atoms. The summed E-state index contributed by atoms with van der Waals surface area (Å²) in [5.74, 6) is 0.204. The quantitative estimate of drug-likeness (QED) is 0.794. The number of carbonyl (C=O) groups excluding carboxylic acids is 1. The molecule has 1 aromatic carbocycles. The molecule has 22 heavy (non-hydrogen) atoms. The van der Waals surface area contributed by atoms with Gasteiger partial charge in [-0.1, -0.05) is 43.3 Å². The number of fused-ring (bicyclic) bond motifs is 2. The highest BCUT2D eigenvalue weighted by atomic mass is 35.5. The largest absolute Gasteiger partial charge is 0.456 e. The van der Waals surface area contributed by atoms with Gasteiger partial charge in [0.05, 0.1) is 11.1 Å². The number of carbonyl (C=O) groups is 1. The van der Waals surface area contributed by atoms with Crippen LogP contribution < -0.4 is 0 Å². The van der Waals surface area contributed by atoms with Crippen LogP contribution in [0.5, 0.6) is 0 Å². The van der Waals surface area contributed by atoms with Gasteiger partial charge in [-0.05, 0) is 36.8 Å². The van der Waals surface area contributed by atoms with E-state index in [-0.39, 0.29) is 12.6 Å². The Labute approximate surface area is 135 Å². The average molecular weight is 316 g/mol. The van der Waals surface area contributed by atoms with Gasteiger partial charge in [-0.15, -0.1) is 0 Å². The van der Waals surface area contributed by atoms with Crippen molar-refractivity contribution in [2.75, 3.05) is 6.61 Å². The van der Waals surface area contributed by atoms with Crippen LogP contribution in [0.1, 0.15) is 35.0 Å². The average Bonchev–Trinajstić information content (AvgIpc) is 2.50. The maximum atomic E-state index is 12.6. The van der Waals surface area contributed by atoms with Gasteiger partial charge in [-0.3, -0.25) is 4.98 Å². The lowest BCUT2D eigenvalue weighted by molar-refractivity contribution is 0.0546. The predicted octanol–water partition coefficient (Wildman–Crippen LogP) is 4.27. The standard InChI is InChI=1S/C18H18ClNO2/c1-11-7-8-16-14(9-11)17(18(21)22-10-12(2)19)13-5-3-4-6-15(13)20-16/h3-6,11H,2,7-10H2,1H3. The number of aryl methyl sites for hydroxylation is 1. The van der Waals surface area contributed by atoms with Crippen molar-refractivity contribution >= 4 is 28.5 Å². The Balaban J connectivity index is 2.14. The number of hydrogen-bond acceptors (Lipinski definition) is 3. The molecule has 3 nitrogen and oxygen atoms in total. The van der Waals surface area contributed by atoms with Crippen LogP contribution in [0.15, 0.2) is 35.9 Å². The van der Waals surface area contributed by atoms with Crippen LogP contribution >= 0.6 is 11.6 Å². The molecule has 114 valence electrons. The van der Waals surface area contributed by atoms with Crippen molar-refractivity contribution in [1.82, 2.24) is 4.98 Å². The zero-order valence-corrected chi connectivity index (χ0v) is 13.3. The Bertz CT molecular complexity index is 754. The van der Waals surface area contributed by atoms with E-state index in [0.717, 1.165) is 41.4 Å². The fourth-order valence-electron chi connectivity index (χ4n) is 3.01. The Morgan fingerprint density at radius 2 is 2.23 bits per heavy atom. The fourth-order valence-corrected chi connectivity index (χ4v) is 3.07. The van der Waals surface area contributed by atoms with Crippen molar-refractivity contribution in [3.63, 3.8) is 0 Å². The molecule has 4 heteroatoms. The number of benzene rings is 1. The summed E-state index contributed by atoms with van der Waals surface area (Å²) < 4.78 is 5.30. The van der Waals surface area contributed by atoms with Gasteiger partial charge in [-0.2, -0.15) is 0 Å². The summed E-state index contributed by atoms with van der Waals surface area (Å²) in [4.78, 5) is 17.3. The second kappa shape index (κ2) is 6.09. The maximum absolute atomic E-state index is 12.6. The second-order valence-corrected chi connectivity index (χ2v) is 6.41. The van der Waals surface area contributed by atoms with Crippen molar-refractivity contribution < 1.29 is 9.53 Å². The van der Waals surface area contributed by atoms with Crippen molar-refractivity contribution in [2.24, 2.45) is 5.92 Å². The number of para-hydroxylation sites is 1. The first kappa shape index (κ1) is 15.0. The van der Waals surface area contributed by atoms with Crippen molar-refractivity contribution in [2.45, 2.75) is 26.2 Å². The molecular formula is C18H18ClNO2. The van der Waals surface area contributed by atoms with Crippen molar-refractivity contribution in [3.05, 3.63) is 52.7 Å². The molecule has 0 saturated heterocycles. The Hall–Kier alpha value is -1.87. The van der Waals surface area contributed by atoms with E-state index in [1.165, 1.54) is 0 Å². The summed E-state index contributed by atoms with van der Waals surface area (Å²) in [5.41, 5.74) is 3.54. The van der Waals surface area contributed by atoms with Crippen molar-refractivity contribution in [1.29, 1.82) is 0 Å². The molecule has 2 aromatic rings. The van der Waals surface area contributed by atoms with Crippen LogP contribution in [0.4, 0.5) is 0 Å². The van der Waals surface area contributed by atoms with E-state index in [4.69, 9.17) is 21.3 Å². The lowest BCUT2D eigenvalue weighted by Gasteiger charge is -2.24. The number of esters is 1. The number of hydrogen-bond donors (Lipinski definition) is 0. The van der Waals surface area contributed by atoms with Crippen LogP contribution in [0.3, 0.4) is 0 Å². The summed E-state index contributed by atoms with van der Waals surface area (Å²) in [5, 5.41) is 1.16. The van der Waals surface area contributed by atoms with Crippen LogP contribution in [0, 0.1) is 5.92 Å². The highest BCUT2D eigenvalue weighted by molar-refractivity contribution is 6.29. The monoisotopic (exact) mass is 315 g/mol. The van der Waals surface area contributed by atoms with Gasteiger partial charge in [0.2, 0.25) is 0 Å². The number of nitrogens with zero attached hydrogens (tertiary/aromatic N) is 1. The summed E-state index contributed by atoms with van der Waals surface area (Å²) in [6, 6.07) is 7.71. The van der Waals surface area contributed by atoms with Crippen LogP contribution in [-0.4, -0.2) is 17.6 Å². The molecule has 0 saturated carbocycles. The van der Waals surface area contributed by atoms with Gasteiger partial charge < -0.3 is 4.74 Å². The van der Waals surface area contributed by atoms with Gasteiger partial charge in [0.15, 0.2) is 0 Å². The van der Waals surface area contributed by atoms with E-state index in [2.05, 4.69) is 13.5 Å². The molecule has 1 atom stereocenters. The molecule has 1 aliphatic carbocycles. The zero-order chi connectivity index (χ0) is 15.7. The van der Waals surface area contributed by atoms with Crippen LogP contribution in [0.25, 0.3) is 10.9 Å². The third-order valence-electron chi connectivity index (χ3n) is 4.07. The summed E-state index contributed by atoms with van der Waals surface area (Å²) >= 11 is 5.71. The Morgan fingerprint density at radius 3 is 3.00 bits per heavy atom. The molecule has 0 N–H and O–H groups in total. The van der Waals surface area contributed by atoms with Gasteiger partial charge in [-0.25, -0.2) is 4.79 Å². The molecule has 0 amide bonds. The molecule has 0 radical (unpaired) electrons. The van der Waals surface area contributed by atoms with Crippen LogP contribution in [0.2, 0.25) is 0 Å². The summed E-state index contributed by atoms with van der Waals surface area (Å²) in [6.07, 6.45) is 2.87. The van der Waals surface area contributed by atoms with Gasteiger partial charge >= 0.3 is 5.97 Å². The first-order valence-electron chi connectivity index (χ1n) is 7.47. The molecule has 3 rings (SSSR count). The summed E-state index contributed by atoms with van der Waals surface area (Å²) in [7, 11) is 0. The highest BCUT2D eigenvalue weighted by Crippen LogP contribution is 2.32. The smallest absolute Gasteiger partial charge is 0.339 e. The topological polar surface area (TPSA) is 39.2 Å². The molecular weight excluding hydrogens is 298 g/mol. The number of pyridine rings is 1. The Morgan fingerprint density at radius 1 is 1.45 bits per heavy atom. The lowest BCUT2D eigenvalue weighted by Crippen LogP contribution is -2.19. The zero-order valence-electron chi connectivity index (χ0n) is 12.6. The minimum atomic E-state index is -0.342. The van der Waals surface area contributed by atoms with Crippen molar-refractivity contribution in [3.8, 4) is 0 Å². The first-order valence-corrected chi connectivity index (χ1v) is 7.85. The molecule has 1 heterocycles. The van der Waals surface area contributed by atoms with E-state index >= 15 is 0 Å². The molecule has 0 fully saturated rings. The van der Waals surface area contributed by atoms with E-state index in [9.17, 15) is 4.79 Å². The molecule has 0 aliphatic heterocycles. The maximum Gasteiger partial charge on any atom is 0.339 e. The minimum Gasteiger partial charge on any atom is -0.456 e.